The van der Waals surface area contributed by atoms with Gasteiger partial charge in [-0.3, -0.25) is 4.98 Å². The van der Waals surface area contributed by atoms with Gasteiger partial charge in [0.1, 0.15) is 0 Å². The zero-order valence-electron chi connectivity index (χ0n) is 10.5. The first-order valence-electron chi connectivity index (χ1n) is 5.38. The van der Waals surface area contributed by atoms with E-state index in [1.54, 1.807) is 0 Å². The summed E-state index contributed by atoms with van der Waals surface area (Å²) in [6.07, 6.45) is 3.70. The summed E-state index contributed by atoms with van der Waals surface area (Å²) in [6.45, 7) is 4.01. The van der Waals surface area contributed by atoms with Crippen LogP contribution in [0.3, 0.4) is 0 Å². The van der Waals surface area contributed by atoms with Gasteiger partial charge in [-0.2, -0.15) is 4.99 Å². The zero-order chi connectivity index (χ0) is 13.1. The molecule has 0 aliphatic carbocycles. The maximum absolute atomic E-state index is 5.69. The summed E-state index contributed by atoms with van der Waals surface area (Å²) in [7, 11) is 0. The SMILES string of the molecule is CSC(N)=Nc1nc(C)c(-c2cc(C)ccn2)s1. The lowest BCUT2D eigenvalue weighted by Gasteiger charge is -1.98. The number of aryl methyl sites for hydroxylation is 2. The van der Waals surface area contributed by atoms with E-state index in [1.165, 1.54) is 28.7 Å². The van der Waals surface area contributed by atoms with Gasteiger partial charge in [0, 0.05) is 6.20 Å². The number of rotatable bonds is 2. The van der Waals surface area contributed by atoms with E-state index >= 15 is 0 Å². The summed E-state index contributed by atoms with van der Waals surface area (Å²) in [6, 6.07) is 4.02. The van der Waals surface area contributed by atoms with E-state index in [9.17, 15) is 0 Å². The van der Waals surface area contributed by atoms with Crippen LogP contribution in [0, 0.1) is 13.8 Å². The van der Waals surface area contributed by atoms with Gasteiger partial charge in [-0.25, -0.2) is 4.98 Å². The molecule has 2 rings (SSSR count). The second kappa shape index (κ2) is 5.49. The normalized spacial score (nSPS) is 11.8. The highest BCUT2D eigenvalue weighted by Crippen LogP contribution is 2.33. The van der Waals surface area contributed by atoms with Gasteiger partial charge in [-0.1, -0.05) is 23.1 Å². The number of aliphatic imine (C=N–C) groups is 1. The molecule has 0 fully saturated rings. The van der Waals surface area contributed by atoms with E-state index in [0.717, 1.165) is 16.3 Å². The van der Waals surface area contributed by atoms with Crippen molar-refractivity contribution in [2.24, 2.45) is 10.7 Å². The quantitative estimate of drug-likeness (QED) is 0.677. The Morgan fingerprint density at radius 2 is 2.22 bits per heavy atom. The number of thiazole rings is 1. The molecule has 0 radical (unpaired) electrons. The fourth-order valence-corrected chi connectivity index (χ4v) is 2.62. The second-order valence-corrected chi connectivity index (χ2v) is 5.59. The second-order valence-electron chi connectivity index (χ2n) is 3.78. The molecule has 0 aliphatic heterocycles. The third-order valence-corrected chi connectivity index (χ3v) is 3.93. The van der Waals surface area contributed by atoms with E-state index < -0.39 is 0 Å². The van der Waals surface area contributed by atoms with Gasteiger partial charge in [0.15, 0.2) is 5.17 Å². The van der Waals surface area contributed by atoms with Crippen LogP contribution in [0.4, 0.5) is 5.13 Å². The first-order chi connectivity index (χ1) is 8.60. The molecule has 0 atom stereocenters. The van der Waals surface area contributed by atoms with Crippen molar-refractivity contribution < 1.29 is 0 Å². The Bertz CT molecular complexity index is 590. The fraction of sp³-hybridized carbons (Fsp3) is 0.250. The van der Waals surface area contributed by atoms with Gasteiger partial charge >= 0.3 is 0 Å². The molecule has 2 aromatic rings. The van der Waals surface area contributed by atoms with Crippen molar-refractivity contribution in [3.05, 3.63) is 29.6 Å². The largest absolute Gasteiger partial charge is 0.378 e. The number of hydrogen-bond acceptors (Lipinski definition) is 5. The summed E-state index contributed by atoms with van der Waals surface area (Å²) >= 11 is 2.92. The van der Waals surface area contributed by atoms with Crippen LogP contribution in [0.1, 0.15) is 11.3 Å². The Kier molecular flexibility index (Phi) is 3.98. The van der Waals surface area contributed by atoms with Crippen molar-refractivity contribution in [3.63, 3.8) is 0 Å². The molecule has 0 unspecified atom stereocenters. The Morgan fingerprint density at radius 3 is 2.89 bits per heavy atom. The molecule has 0 spiro atoms. The number of nitrogens with zero attached hydrogens (tertiary/aromatic N) is 3. The van der Waals surface area contributed by atoms with Crippen LogP contribution in [0.15, 0.2) is 23.3 Å². The molecule has 2 N–H and O–H groups in total. The maximum atomic E-state index is 5.69. The van der Waals surface area contributed by atoms with Crippen LogP contribution in [0.5, 0.6) is 0 Å². The zero-order valence-corrected chi connectivity index (χ0v) is 12.1. The predicted molar refractivity (Wildman–Crippen MR) is 79.6 cm³/mol. The molecule has 6 heteroatoms. The third kappa shape index (κ3) is 2.88. The van der Waals surface area contributed by atoms with Crippen LogP contribution in [0.25, 0.3) is 10.6 Å². The topological polar surface area (TPSA) is 64.2 Å². The molecule has 0 saturated heterocycles. The van der Waals surface area contributed by atoms with E-state index in [1.807, 2.05) is 38.4 Å². The molecule has 4 nitrogen and oxygen atoms in total. The van der Waals surface area contributed by atoms with Crippen molar-refractivity contribution in [1.29, 1.82) is 0 Å². The van der Waals surface area contributed by atoms with Crippen LogP contribution >= 0.6 is 23.1 Å². The average molecular weight is 278 g/mol. The van der Waals surface area contributed by atoms with Crippen molar-refractivity contribution >= 4 is 33.4 Å². The molecule has 0 aromatic carbocycles. The lowest BCUT2D eigenvalue weighted by molar-refractivity contribution is 1.22. The minimum absolute atomic E-state index is 0.521. The van der Waals surface area contributed by atoms with Gasteiger partial charge in [-0.15, -0.1) is 0 Å². The number of amidine groups is 1. The van der Waals surface area contributed by atoms with Gasteiger partial charge in [0.05, 0.1) is 16.3 Å². The minimum atomic E-state index is 0.521. The Hall–Kier alpha value is -1.40. The molecule has 0 aliphatic rings. The molecule has 2 aromatic heterocycles. The summed E-state index contributed by atoms with van der Waals surface area (Å²) in [5, 5.41) is 1.20. The molecule has 18 heavy (non-hydrogen) atoms. The monoisotopic (exact) mass is 278 g/mol. The van der Waals surface area contributed by atoms with E-state index in [-0.39, 0.29) is 0 Å². The van der Waals surface area contributed by atoms with Crippen LogP contribution in [-0.4, -0.2) is 21.4 Å². The molecule has 0 amide bonds. The first kappa shape index (κ1) is 13.0. The number of hydrogen-bond donors (Lipinski definition) is 1. The van der Waals surface area contributed by atoms with Crippen LogP contribution < -0.4 is 5.73 Å². The highest BCUT2D eigenvalue weighted by atomic mass is 32.2. The first-order valence-corrected chi connectivity index (χ1v) is 7.43. The standard InChI is InChI=1S/C12H14N4S2/c1-7-4-5-14-9(6-7)10-8(2)15-12(18-10)16-11(13)17-3/h4-6H,1-3H3,(H2,13,15,16). The van der Waals surface area contributed by atoms with Crippen LogP contribution in [0.2, 0.25) is 0 Å². The fourth-order valence-electron chi connectivity index (χ4n) is 1.47. The van der Waals surface area contributed by atoms with Crippen molar-refractivity contribution in [2.75, 3.05) is 6.26 Å². The number of aromatic nitrogens is 2. The third-order valence-electron chi connectivity index (χ3n) is 2.35. The predicted octanol–water partition coefficient (Wildman–Crippen LogP) is 3.13. The van der Waals surface area contributed by atoms with E-state index in [2.05, 4.69) is 15.0 Å². The molecule has 94 valence electrons. The average Bonchev–Trinajstić information content (AvgIpc) is 2.70. The van der Waals surface area contributed by atoms with E-state index in [0.29, 0.717) is 10.3 Å². The Balaban J connectivity index is 2.41. The lowest BCUT2D eigenvalue weighted by atomic mass is 10.2. The maximum Gasteiger partial charge on any atom is 0.212 e. The molecule has 2 heterocycles. The highest BCUT2D eigenvalue weighted by molar-refractivity contribution is 8.13. The molecular weight excluding hydrogens is 264 g/mol. The number of nitrogens with two attached hydrogens (primary N) is 1. The van der Waals surface area contributed by atoms with E-state index in [4.69, 9.17) is 5.73 Å². The molecule has 0 saturated carbocycles. The van der Waals surface area contributed by atoms with Crippen molar-refractivity contribution in [3.8, 4) is 10.6 Å². The highest BCUT2D eigenvalue weighted by Gasteiger charge is 2.10. The summed E-state index contributed by atoms with van der Waals surface area (Å²) in [4.78, 5) is 14.1. The van der Waals surface area contributed by atoms with Crippen molar-refractivity contribution in [2.45, 2.75) is 13.8 Å². The van der Waals surface area contributed by atoms with Gasteiger partial charge in [-0.05, 0) is 37.8 Å². The van der Waals surface area contributed by atoms with Crippen LogP contribution in [-0.2, 0) is 0 Å². The Morgan fingerprint density at radius 1 is 1.44 bits per heavy atom. The molecular formula is C12H14N4S2. The summed E-state index contributed by atoms with van der Waals surface area (Å²) in [5.74, 6) is 0. The minimum Gasteiger partial charge on any atom is -0.378 e. The summed E-state index contributed by atoms with van der Waals surface area (Å²) in [5.41, 5.74) is 8.75. The van der Waals surface area contributed by atoms with Gasteiger partial charge in [0.2, 0.25) is 5.13 Å². The number of pyridine rings is 1. The van der Waals surface area contributed by atoms with Gasteiger partial charge in [0.25, 0.3) is 0 Å². The number of thioether (sulfide) groups is 1. The summed E-state index contributed by atoms with van der Waals surface area (Å²) < 4.78 is 0. The Labute approximate surface area is 114 Å². The smallest absolute Gasteiger partial charge is 0.212 e. The lowest BCUT2D eigenvalue weighted by Crippen LogP contribution is -2.03. The molecule has 0 bridgehead atoms. The van der Waals surface area contributed by atoms with Gasteiger partial charge < -0.3 is 5.73 Å². The van der Waals surface area contributed by atoms with Crippen molar-refractivity contribution in [1.82, 2.24) is 9.97 Å².